The highest BCUT2D eigenvalue weighted by molar-refractivity contribution is 5.76. The molecule has 1 aliphatic heterocycles. The standard InChI is InChI=1S/C15H25F3N2O/c16-15(17,18)7-10-20(11-13-1-2-13)14(21)4-3-12-5-8-19-9-6-12/h12-13,19H,1-11H2. The Kier molecular flexibility index (Phi) is 5.90. The Bertz CT molecular complexity index is 336. The van der Waals surface area contributed by atoms with E-state index in [4.69, 9.17) is 0 Å². The molecule has 0 unspecified atom stereocenters. The summed E-state index contributed by atoms with van der Waals surface area (Å²) in [7, 11) is 0. The molecule has 0 aromatic heterocycles. The van der Waals surface area contributed by atoms with E-state index in [1.807, 2.05) is 0 Å². The van der Waals surface area contributed by atoms with Gasteiger partial charge in [-0.25, -0.2) is 0 Å². The summed E-state index contributed by atoms with van der Waals surface area (Å²) >= 11 is 0. The predicted octanol–water partition coefficient (Wildman–Crippen LogP) is 2.96. The molecule has 2 rings (SSSR count). The molecule has 21 heavy (non-hydrogen) atoms. The molecule has 122 valence electrons. The van der Waals surface area contributed by atoms with Crippen LogP contribution in [0.4, 0.5) is 13.2 Å². The lowest BCUT2D eigenvalue weighted by Gasteiger charge is -2.26. The highest BCUT2D eigenvalue weighted by Crippen LogP contribution is 2.31. The van der Waals surface area contributed by atoms with Crippen LogP contribution in [0.3, 0.4) is 0 Å². The average molecular weight is 306 g/mol. The minimum Gasteiger partial charge on any atom is -0.342 e. The van der Waals surface area contributed by atoms with E-state index < -0.39 is 12.6 Å². The van der Waals surface area contributed by atoms with Gasteiger partial charge >= 0.3 is 6.18 Å². The number of alkyl halides is 3. The molecule has 2 aliphatic rings. The van der Waals surface area contributed by atoms with E-state index in [0.717, 1.165) is 45.2 Å². The summed E-state index contributed by atoms with van der Waals surface area (Å²) in [6, 6.07) is 0. The maximum atomic E-state index is 12.4. The van der Waals surface area contributed by atoms with E-state index in [1.165, 1.54) is 4.90 Å². The van der Waals surface area contributed by atoms with Crippen molar-refractivity contribution >= 4 is 5.91 Å². The lowest BCUT2D eigenvalue weighted by Crippen LogP contribution is -2.36. The van der Waals surface area contributed by atoms with Gasteiger partial charge in [-0.2, -0.15) is 13.2 Å². The van der Waals surface area contributed by atoms with E-state index in [1.54, 1.807) is 0 Å². The van der Waals surface area contributed by atoms with Crippen LogP contribution in [0, 0.1) is 11.8 Å². The van der Waals surface area contributed by atoms with Crippen LogP contribution in [-0.4, -0.2) is 43.2 Å². The molecule has 1 aliphatic carbocycles. The van der Waals surface area contributed by atoms with Gasteiger partial charge in [-0.3, -0.25) is 4.79 Å². The first-order valence-electron chi connectivity index (χ1n) is 7.99. The van der Waals surface area contributed by atoms with Gasteiger partial charge in [0.15, 0.2) is 0 Å². The van der Waals surface area contributed by atoms with Gasteiger partial charge in [0.05, 0.1) is 6.42 Å². The fraction of sp³-hybridized carbons (Fsp3) is 0.933. The van der Waals surface area contributed by atoms with Crippen molar-refractivity contribution < 1.29 is 18.0 Å². The Morgan fingerprint density at radius 1 is 1.10 bits per heavy atom. The van der Waals surface area contributed by atoms with E-state index >= 15 is 0 Å². The molecule has 1 amide bonds. The monoisotopic (exact) mass is 306 g/mol. The smallest absolute Gasteiger partial charge is 0.342 e. The van der Waals surface area contributed by atoms with Gasteiger partial charge in [-0.05, 0) is 57.0 Å². The minimum absolute atomic E-state index is 0.0929. The van der Waals surface area contributed by atoms with Gasteiger partial charge < -0.3 is 10.2 Å². The fourth-order valence-corrected chi connectivity index (χ4v) is 2.85. The summed E-state index contributed by atoms with van der Waals surface area (Å²) in [5, 5.41) is 3.28. The summed E-state index contributed by atoms with van der Waals surface area (Å²) in [5.74, 6) is 0.881. The molecule has 2 fully saturated rings. The summed E-state index contributed by atoms with van der Waals surface area (Å²) in [5.41, 5.74) is 0. The first-order valence-corrected chi connectivity index (χ1v) is 7.99. The normalized spacial score (nSPS) is 20.5. The van der Waals surface area contributed by atoms with Gasteiger partial charge in [-0.15, -0.1) is 0 Å². The molecular formula is C15H25F3N2O. The first kappa shape index (κ1) is 16.6. The van der Waals surface area contributed by atoms with Gasteiger partial charge in [0.2, 0.25) is 5.91 Å². The summed E-state index contributed by atoms with van der Waals surface area (Å²) < 4.78 is 37.1. The predicted molar refractivity (Wildman–Crippen MR) is 74.8 cm³/mol. The number of carbonyl (C=O) groups is 1. The largest absolute Gasteiger partial charge is 0.390 e. The van der Waals surface area contributed by atoms with Crippen molar-refractivity contribution in [2.75, 3.05) is 26.2 Å². The molecular weight excluding hydrogens is 281 g/mol. The van der Waals surface area contributed by atoms with Crippen LogP contribution in [0.5, 0.6) is 0 Å². The van der Waals surface area contributed by atoms with Crippen molar-refractivity contribution in [3.8, 4) is 0 Å². The second kappa shape index (κ2) is 7.47. The van der Waals surface area contributed by atoms with Gasteiger partial charge in [0.1, 0.15) is 0 Å². The van der Waals surface area contributed by atoms with Gasteiger partial charge in [0, 0.05) is 19.5 Å². The second-order valence-corrected chi connectivity index (χ2v) is 6.38. The topological polar surface area (TPSA) is 32.3 Å². The maximum Gasteiger partial charge on any atom is 0.390 e. The Balaban J connectivity index is 1.75. The SMILES string of the molecule is O=C(CCC1CCNCC1)N(CCC(F)(F)F)CC1CC1. The molecule has 0 spiro atoms. The lowest BCUT2D eigenvalue weighted by molar-refractivity contribution is -0.145. The van der Waals surface area contributed by atoms with Crippen molar-refractivity contribution in [3.63, 3.8) is 0 Å². The maximum absolute atomic E-state index is 12.4. The molecule has 3 nitrogen and oxygen atoms in total. The highest BCUT2D eigenvalue weighted by Gasteiger charge is 2.32. The van der Waals surface area contributed by atoms with Crippen LogP contribution < -0.4 is 5.32 Å². The zero-order valence-corrected chi connectivity index (χ0v) is 12.4. The zero-order valence-electron chi connectivity index (χ0n) is 12.4. The van der Waals surface area contributed by atoms with E-state index in [2.05, 4.69) is 5.32 Å². The van der Waals surface area contributed by atoms with Crippen molar-refractivity contribution in [3.05, 3.63) is 0 Å². The van der Waals surface area contributed by atoms with Crippen molar-refractivity contribution in [1.82, 2.24) is 10.2 Å². The number of piperidine rings is 1. The quantitative estimate of drug-likeness (QED) is 0.784. The van der Waals surface area contributed by atoms with Crippen LogP contribution in [-0.2, 0) is 4.79 Å². The summed E-state index contributed by atoms with van der Waals surface area (Å²) in [4.78, 5) is 13.7. The molecule has 0 aromatic carbocycles. The third kappa shape index (κ3) is 6.68. The third-order valence-corrected chi connectivity index (χ3v) is 4.42. The fourth-order valence-electron chi connectivity index (χ4n) is 2.85. The van der Waals surface area contributed by atoms with Crippen LogP contribution in [0.1, 0.15) is 44.9 Å². The van der Waals surface area contributed by atoms with Gasteiger partial charge in [0.25, 0.3) is 0 Å². The summed E-state index contributed by atoms with van der Waals surface area (Å²) in [6.07, 6.45) is 0.365. The average Bonchev–Trinajstić information content (AvgIpc) is 3.25. The van der Waals surface area contributed by atoms with Crippen molar-refractivity contribution in [1.29, 1.82) is 0 Å². The van der Waals surface area contributed by atoms with E-state index in [9.17, 15) is 18.0 Å². The summed E-state index contributed by atoms with van der Waals surface area (Å²) in [6.45, 7) is 2.31. The molecule has 1 saturated carbocycles. The van der Waals surface area contributed by atoms with Crippen LogP contribution in [0.15, 0.2) is 0 Å². The Morgan fingerprint density at radius 3 is 2.33 bits per heavy atom. The molecule has 1 N–H and O–H groups in total. The zero-order chi connectivity index (χ0) is 15.3. The molecule has 1 heterocycles. The second-order valence-electron chi connectivity index (χ2n) is 6.38. The van der Waals surface area contributed by atoms with E-state index in [0.29, 0.717) is 24.8 Å². The Hall–Kier alpha value is -0.780. The lowest BCUT2D eigenvalue weighted by atomic mass is 9.93. The third-order valence-electron chi connectivity index (χ3n) is 4.42. The van der Waals surface area contributed by atoms with Crippen LogP contribution in [0.25, 0.3) is 0 Å². The van der Waals surface area contributed by atoms with E-state index in [-0.39, 0.29) is 12.5 Å². The number of hydrogen-bond acceptors (Lipinski definition) is 2. The number of rotatable bonds is 7. The molecule has 0 radical (unpaired) electrons. The number of amides is 1. The molecule has 6 heteroatoms. The van der Waals surface area contributed by atoms with Crippen molar-refractivity contribution in [2.24, 2.45) is 11.8 Å². The number of halogens is 3. The number of nitrogens with zero attached hydrogens (tertiary/aromatic N) is 1. The van der Waals surface area contributed by atoms with Crippen LogP contribution >= 0.6 is 0 Å². The number of carbonyl (C=O) groups excluding carboxylic acids is 1. The molecule has 0 atom stereocenters. The molecule has 0 bridgehead atoms. The number of nitrogens with one attached hydrogen (secondary N) is 1. The Labute approximate surface area is 124 Å². The first-order chi connectivity index (χ1) is 9.94. The van der Waals surface area contributed by atoms with Gasteiger partial charge in [-0.1, -0.05) is 0 Å². The van der Waals surface area contributed by atoms with Crippen molar-refractivity contribution in [2.45, 2.75) is 51.1 Å². The molecule has 0 aromatic rings. The van der Waals surface area contributed by atoms with Crippen LogP contribution in [0.2, 0.25) is 0 Å². The Morgan fingerprint density at radius 2 is 1.76 bits per heavy atom. The molecule has 1 saturated heterocycles. The minimum atomic E-state index is -4.18. The highest BCUT2D eigenvalue weighted by atomic mass is 19.4. The number of hydrogen-bond donors (Lipinski definition) is 1.